The van der Waals surface area contributed by atoms with Gasteiger partial charge in [0.15, 0.2) is 22.9 Å². The monoisotopic (exact) mass is 890 g/mol. The number of nitrogens with zero attached hydrogens (tertiary/aromatic N) is 10. The van der Waals surface area contributed by atoms with Crippen LogP contribution in [0.25, 0.3) is 21.8 Å². The molecule has 0 spiro atoms. The molecular formula is C46H46N14O6. The Hall–Kier alpha value is -8.23. The summed E-state index contributed by atoms with van der Waals surface area (Å²) in [6.45, 7) is 7.04. The number of nitrogens with one attached hydrogen (secondary N) is 4. The number of nitriles is 2. The fraction of sp³-hybridized carbons (Fsp3) is 0.326. The molecule has 0 unspecified atom stereocenters. The minimum absolute atomic E-state index is 0.116. The van der Waals surface area contributed by atoms with Gasteiger partial charge in [-0.3, -0.25) is 9.59 Å². The molecule has 0 saturated carbocycles. The zero-order chi connectivity index (χ0) is 46.4. The van der Waals surface area contributed by atoms with Gasteiger partial charge in [-0.2, -0.15) is 10.5 Å². The second-order valence-corrected chi connectivity index (χ2v) is 16.7. The normalized spacial score (nSPS) is 15.2. The molecule has 1 atom stereocenters. The molecule has 2 aliphatic rings. The first kappa shape index (κ1) is 44.4. The van der Waals surface area contributed by atoms with E-state index in [1.54, 1.807) is 42.5 Å². The number of ether oxygens (including phenoxy) is 1. The van der Waals surface area contributed by atoms with Crippen LogP contribution in [0.1, 0.15) is 76.6 Å². The van der Waals surface area contributed by atoms with Crippen molar-refractivity contribution < 1.29 is 29.3 Å². The molecule has 0 aromatic carbocycles. The standard InChI is InChI=1S/C46H46N14O6/c1-46(2,26-55-29-11-14-59(15-12-29)37-9-7-33-35(57-37)23-51-39(41(33)61)43(63)53-21-27-3-5-30(17-47)49-19-27)66-45(65)56-32-13-16-60(25-32)38-10-8-34-36(58-38)24-52-40(42(34)62)44(64)54-22-28-4-6-31(18-48)50-20-28/h3-10,19-20,23-24,29,32,55,61-62H,11-16,21-22,25-26H2,1-2H3,(H,53,63)(H,54,64)(H,56,65)/t32-/m0/s1. The summed E-state index contributed by atoms with van der Waals surface area (Å²) in [6, 6.07) is 17.4. The smallest absolute Gasteiger partial charge is 0.407 e. The van der Waals surface area contributed by atoms with E-state index in [4.69, 9.17) is 20.2 Å². The van der Waals surface area contributed by atoms with Crippen molar-refractivity contribution in [1.82, 2.24) is 51.2 Å². The molecule has 2 saturated heterocycles. The number of carbonyl (C=O) groups excluding carboxylic acids is 3. The largest absolute Gasteiger partial charge is 0.505 e. The number of rotatable bonds is 13. The summed E-state index contributed by atoms with van der Waals surface area (Å²) in [5.41, 5.74) is 1.75. The summed E-state index contributed by atoms with van der Waals surface area (Å²) in [6.07, 6.45) is 7.72. The highest BCUT2D eigenvalue weighted by atomic mass is 16.6. The zero-order valence-corrected chi connectivity index (χ0v) is 36.2. The molecule has 3 amide bonds. The van der Waals surface area contributed by atoms with Gasteiger partial charge in [-0.1, -0.05) is 12.1 Å². The maximum Gasteiger partial charge on any atom is 0.407 e. The molecule has 20 nitrogen and oxygen atoms in total. The van der Waals surface area contributed by atoms with Crippen molar-refractivity contribution in [3.63, 3.8) is 0 Å². The molecule has 0 aliphatic carbocycles. The lowest BCUT2D eigenvalue weighted by atomic mass is 10.0. The first-order chi connectivity index (χ1) is 31.9. The number of alkyl carbamates (subject to hydrolysis) is 1. The fourth-order valence-corrected chi connectivity index (χ4v) is 7.83. The van der Waals surface area contributed by atoms with Gasteiger partial charge >= 0.3 is 6.09 Å². The van der Waals surface area contributed by atoms with Crippen LogP contribution in [0.5, 0.6) is 11.5 Å². The van der Waals surface area contributed by atoms with E-state index in [9.17, 15) is 24.6 Å². The van der Waals surface area contributed by atoms with Crippen LogP contribution in [0.4, 0.5) is 16.4 Å². The number of aromatic hydroxyl groups is 2. The van der Waals surface area contributed by atoms with E-state index >= 15 is 0 Å². The Morgan fingerprint density at radius 3 is 1.70 bits per heavy atom. The third-order valence-corrected chi connectivity index (χ3v) is 11.5. The van der Waals surface area contributed by atoms with E-state index in [-0.39, 0.29) is 59.4 Å². The molecule has 2 aliphatic heterocycles. The van der Waals surface area contributed by atoms with Crippen LogP contribution in [0.2, 0.25) is 0 Å². The second-order valence-electron chi connectivity index (χ2n) is 16.7. The lowest BCUT2D eigenvalue weighted by Gasteiger charge is -2.35. The van der Waals surface area contributed by atoms with Gasteiger partial charge < -0.3 is 46.0 Å². The van der Waals surface area contributed by atoms with Gasteiger partial charge in [-0.15, -0.1) is 0 Å². The first-order valence-corrected chi connectivity index (χ1v) is 21.3. The van der Waals surface area contributed by atoms with E-state index in [1.165, 1.54) is 24.8 Å². The quantitative estimate of drug-likeness (QED) is 0.0964. The van der Waals surface area contributed by atoms with Crippen LogP contribution in [0.15, 0.2) is 73.3 Å². The number of amides is 3. The zero-order valence-electron chi connectivity index (χ0n) is 36.2. The van der Waals surface area contributed by atoms with Gasteiger partial charge in [0.2, 0.25) is 0 Å². The summed E-state index contributed by atoms with van der Waals surface area (Å²) >= 11 is 0. The van der Waals surface area contributed by atoms with Crippen molar-refractivity contribution in [3.8, 4) is 23.6 Å². The van der Waals surface area contributed by atoms with Gasteiger partial charge in [0.25, 0.3) is 11.8 Å². The van der Waals surface area contributed by atoms with E-state index in [2.05, 4.69) is 51.1 Å². The average Bonchev–Trinajstić information content (AvgIpc) is 3.80. The van der Waals surface area contributed by atoms with Gasteiger partial charge in [-0.25, -0.2) is 34.7 Å². The number of hydrogen-bond donors (Lipinski definition) is 6. The number of hydrogen-bond acceptors (Lipinski definition) is 17. The minimum atomic E-state index is -0.795. The highest BCUT2D eigenvalue weighted by Crippen LogP contribution is 2.31. The highest BCUT2D eigenvalue weighted by Gasteiger charge is 2.30. The Bertz CT molecular complexity index is 2870. The minimum Gasteiger partial charge on any atom is -0.505 e. The van der Waals surface area contributed by atoms with Crippen LogP contribution in [0, 0.1) is 22.7 Å². The number of anilines is 2. The van der Waals surface area contributed by atoms with Crippen LogP contribution in [0.3, 0.4) is 0 Å². The number of piperidine rings is 1. The van der Waals surface area contributed by atoms with Crippen molar-refractivity contribution in [2.24, 2.45) is 0 Å². The Labute approximate surface area is 378 Å². The summed E-state index contributed by atoms with van der Waals surface area (Å²) in [5.74, 6) is -0.291. The number of carbonyl (C=O) groups is 3. The maximum absolute atomic E-state index is 13.1. The number of fused-ring (bicyclic) bond motifs is 2. The average molecular weight is 891 g/mol. The molecule has 2 fully saturated rings. The summed E-state index contributed by atoms with van der Waals surface area (Å²) in [7, 11) is 0. The maximum atomic E-state index is 13.1. The first-order valence-electron chi connectivity index (χ1n) is 21.3. The van der Waals surface area contributed by atoms with Crippen molar-refractivity contribution >= 4 is 51.3 Å². The molecule has 6 N–H and O–H groups in total. The summed E-state index contributed by atoms with van der Waals surface area (Å²) < 4.78 is 5.88. The lowest BCUT2D eigenvalue weighted by molar-refractivity contribution is 0.0349. The number of aromatic nitrogens is 6. The van der Waals surface area contributed by atoms with E-state index in [0.717, 1.165) is 31.7 Å². The van der Waals surface area contributed by atoms with Crippen molar-refractivity contribution in [3.05, 3.63) is 107 Å². The molecular weight excluding hydrogens is 845 g/mol. The Morgan fingerprint density at radius 2 is 1.20 bits per heavy atom. The van der Waals surface area contributed by atoms with E-state index in [1.807, 2.05) is 37.0 Å². The van der Waals surface area contributed by atoms with Gasteiger partial charge in [0.05, 0.1) is 29.5 Å². The topological polar surface area (TPSA) is 280 Å². The molecule has 336 valence electrons. The van der Waals surface area contributed by atoms with Gasteiger partial charge in [-0.05, 0) is 80.6 Å². The Kier molecular flexibility index (Phi) is 12.9. The predicted octanol–water partition coefficient (Wildman–Crippen LogP) is 3.72. The number of pyridine rings is 6. The third kappa shape index (κ3) is 10.2. The summed E-state index contributed by atoms with van der Waals surface area (Å²) in [5, 5.41) is 52.5. The van der Waals surface area contributed by atoms with Crippen LogP contribution in [-0.4, -0.2) is 108 Å². The highest BCUT2D eigenvalue weighted by molar-refractivity contribution is 6.01. The van der Waals surface area contributed by atoms with E-state index < -0.39 is 23.5 Å². The van der Waals surface area contributed by atoms with Crippen LogP contribution in [-0.2, 0) is 17.8 Å². The van der Waals surface area contributed by atoms with Crippen molar-refractivity contribution in [1.29, 1.82) is 10.5 Å². The molecule has 66 heavy (non-hydrogen) atoms. The van der Waals surface area contributed by atoms with Crippen molar-refractivity contribution in [2.45, 2.75) is 63.9 Å². The SMILES string of the molecule is CC(C)(CNC1CCN(c2ccc3c(O)c(C(=O)NCc4ccc(C#N)nc4)ncc3n2)CC1)OC(=O)N[C@H]1CCN(c2ccc3c(O)c(C(=O)NCc4ccc(C#N)nc4)ncc3n2)C1. The van der Waals surface area contributed by atoms with Crippen molar-refractivity contribution in [2.75, 3.05) is 42.5 Å². The molecule has 6 aromatic heterocycles. The molecule has 8 rings (SSSR count). The molecule has 20 heteroatoms. The van der Waals surface area contributed by atoms with Gasteiger partial charge in [0.1, 0.15) is 40.8 Å². The Balaban J connectivity index is 0.767. The molecule has 0 radical (unpaired) electrons. The second kappa shape index (κ2) is 19.3. The molecule has 6 aromatic rings. The van der Waals surface area contributed by atoms with E-state index in [0.29, 0.717) is 64.8 Å². The predicted molar refractivity (Wildman–Crippen MR) is 240 cm³/mol. The Morgan fingerprint density at radius 1 is 0.697 bits per heavy atom. The summed E-state index contributed by atoms with van der Waals surface area (Å²) in [4.78, 5) is 68.8. The van der Waals surface area contributed by atoms with Gasteiger partial charge in [0, 0.05) is 75.0 Å². The third-order valence-electron chi connectivity index (χ3n) is 11.5. The molecule has 8 heterocycles. The molecule has 0 bridgehead atoms. The van der Waals surface area contributed by atoms with Crippen LogP contribution < -0.4 is 31.1 Å². The van der Waals surface area contributed by atoms with Crippen LogP contribution >= 0.6 is 0 Å². The fourth-order valence-electron chi connectivity index (χ4n) is 7.83. The lowest BCUT2D eigenvalue weighted by Crippen LogP contribution is -2.49.